The lowest BCUT2D eigenvalue weighted by Gasteiger charge is -2.13. The zero-order valence-corrected chi connectivity index (χ0v) is 9.73. The molecule has 94 valence electrons. The van der Waals surface area contributed by atoms with E-state index in [0.717, 1.165) is 12.3 Å². The van der Waals surface area contributed by atoms with Crippen LogP contribution in [0.25, 0.3) is 0 Å². The van der Waals surface area contributed by atoms with Crippen molar-refractivity contribution < 1.29 is 25.9 Å². The van der Waals surface area contributed by atoms with Crippen LogP contribution in [0.4, 0.5) is 0 Å². The summed E-state index contributed by atoms with van der Waals surface area (Å²) in [6.07, 6.45) is 0.763. The van der Waals surface area contributed by atoms with Crippen molar-refractivity contribution in [2.75, 3.05) is 0 Å². The lowest BCUT2D eigenvalue weighted by molar-refractivity contribution is 0.458. The second kappa shape index (κ2) is 4.41. The molecule has 0 amide bonds. The van der Waals surface area contributed by atoms with Gasteiger partial charge in [0.25, 0.3) is 0 Å². The van der Waals surface area contributed by atoms with Crippen LogP contribution in [0.15, 0.2) is 33.1 Å². The summed E-state index contributed by atoms with van der Waals surface area (Å²) in [5.41, 5.74) is -0.362. The first kappa shape index (κ1) is 13.6. The van der Waals surface area contributed by atoms with Gasteiger partial charge in [-0.05, 0) is 18.2 Å². The molecule has 0 aliphatic heterocycles. The first-order valence-electron chi connectivity index (χ1n) is 3.95. The predicted octanol–water partition coefficient (Wildman–Crippen LogP) is -1.21. The molecule has 0 heterocycles. The maximum Gasteiger partial charge on any atom is 0.125 e. The van der Waals surface area contributed by atoms with Crippen LogP contribution in [0.1, 0.15) is 5.56 Å². The lowest BCUT2D eigenvalue weighted by atomic mass is 10.2. The Hall–Kier alpha value is -1.49. The fraction of sp³-hybridized carbons (Fsp3) is 0. The molecule has 0 aromatic heterocycles. The molecule has 1 rings (SSSR count). The lowest BCUT2D eigenvalue weighted by Crippen LogP contribution is -2.07. The van der Waals surface area contributed by atoms with E-state index in [4.69, 9.17) is 5.84 Å². The molecule has 17 heavy (non-hydrogen) atoms. The van der Waals surface area contributed by atoms with Gasteiger partial charge in [0.1, 0.15) is 20.2 Å². The van der Waals surface area contributed by atoms with E-state index in [2.05, 4.69) is 5.10 Å². The summed E-state index contributed by atoms with van der Waals surface area (Å²) in [5.74, 6) is 4.78. The third-order valence-corrected chi connectivity index (χ3v) is 3.49. The van der Waals surface area contributed by atoms with E-state index in [1.807, 2.05) is 0 Å². The van der Waals surface area contributed by atoms with Crippen LogP contribution < -0.4 is 5.84 Å². The monoisotopic (exact) mass is 278 g/mol. The van der Waals surface area contributed by atoms with Crippen LogP contribution in [-0.4, -0.2) is 32.2 Å². The van der Waals surface area contributed by atoms with Gasteiger partial charge in [-0.1, -0.05) is 0 Å². The second-order valence-corrected chi connectivity index (χ2v) is 5.61. The number of hydrogen-bond acceptors (Lipinski definition) is 8. The van der Waals surface area contributed by atoms with E-state index in [0.29, 0.717) is 12.1 Å². The molecular weight excluding hydrogens is 272 g/mol. The van der Waals surface area contributed by atoms with Crippen molar-refractivity contribution in [3.8, 4) is 0 Å². The zero-order valence-electron chi connectivity index (χ0n) is 8.10. The first-order valence-corrected chi connectivity index (χ1v) is 6.77. The van der Waals surface area contributed by atoms with Gasteiger partial charge in [-0.3, -0.25) is 0 Å². The highest BCUT2D eigenvalue weighted by atomic mass is 32.2. The van der Waals surface area contributed by atoms with Gasteiger partial charge in [0.05, 0.1) is 16.0 Å². The molecule has 10 heteroatoms. The van der Waals surface area contributed by atoms with E-state index in [1.54, 1.807) is 0 Å². The summed E-state index contributed by atoms with van der Waals surface area (Å²) in [5, 5.41) is 2.98. The molecule has 8 nitrogen and oxygen atoms in total. The average Bonchev–Trinajstić information content (AvgIpc) is 2.15. The van der Waals surface area contributed by atoms with Crippen molar-refractivity contribution >= 4 is 26.5 Å². The summed E-state index contributed by atoms with van der Waals surface area (Å²) >= 11 is 0. The molecule has 0 unspecified atom stereocenters. The van der Waals surface area contributed by atoms with E-state index in [-0.39, 0.29) is 5.56 Å². The molecule has 0 saturated heterocycles. The Bertz CT molecular complexity index is 662. The topological polar surface area (TPSA) is 153 Å². The number of rotatable bonds is 3. The molecular formula is C7H6N2O6S2-2. The highest BCUT2D eigenvalue weighted by molar-refractivity contribution is 7.86. The van der Waals surface area contributed by atoms with Crippen molar-refractivity contribution in [3.63, 3.8) is 0 Å². The maximum atomic E-state index is 10.8. The average molecular weight is 278 g/mol. The fourth-order valence-electron chi connectivity index (χ4n) is 1.09. The van der Waals surface area contributed by atoms with E-state index < -0.39 is 30.0 Å². The van der Waals surface area contributed by atoms with Crippen LogP contribution in [-0.2, 0) is 20.2 Å². The maximum absolute atomic E-state index is 10.8. The summed E-state index contributed by atoms with van der Waals surface area (Å²) < 4.78 is 64.5. The number of hydrogen-bond donors (Lipinski definition) is 1. The van der Waals surface area contributed by atoms with Crippen molar-refractivity contribution in [2.24, 2.45) is 10.9 Å². The van der Waals surface area contributed by atoms with Crippen LogP contribution in [0, 0.1) is 0 Å². The molecule has 0 saturated carbocycles. The van der Waals surface area contributed by atoms with E-state index in [1.165, 1.54) is 0 Å². The summed E-state index contributed by atoms with van der Waals surface area (Å²) in [6.45, 7) is 0. The molecule has 0 atom stereocenters. The minimum Gasteiger partial charge on any atom is -0.744 e. The largest absolute Gasteiger partial charge is 0.744 e. The van der Waals surface area contributed by atoms with E-state index in [9.17, 15) is 25.9 Å². The van der Waals surface area contributed by atoms with Gasteiger partial charge in [-0.2, -0.15) is 5.10 Å². The molecule has 0 aliphatic rings. The van der Waals surface area contributed by atoms with Gasteiger partial charge in [-0.25, -0.2) is 16.8 Å². The number of nitrogens with zero attached hydrogens (tertiary/aromatic N) is 1. The number of nitrogens with two attached hydrogens (primary N) is 1. The zero-order chi connectivity index (χ0) is 13.3. The van der Waals surface area contributed by atoms with Crippen molar-refractivity contribution in [1.82, 2.24) is 0 Å². The standard InChI is InChI=1S/C7H8N2O6S2/c8-9-4-5-3-6(16(10,11)12)1-2-7(5)17(13,14)15/h1-4H,8H2,(H,10,11,12)(H,13,14,15)/p-2. The SMILES string of the molecule is NN=Cc1cc(S(=O)(=O)[O-])ccc1S(=O)(=O)[O-]. The van der Waals surface area contributed by atoms with Crippen LogP contribution in [0.3, 0.4) is 0 Å². The Morgan fingerprint density at radius 3 is 2.12 bits per heavy atom. The Balaban J connectivity index is 3.60. The Morgan fingerprint density at radius 1 is 1.12 bits per heavy atom. The van der Waals surface area contributed by atoms with Crippen LogP contribution >= 0.6 is 0 Å². The quantitative estimate of drug-likeness (QED) is 0.315. The van der Waals surface area contributed by atoms with Gasteiger partial charge in [0.2, 0.25) is 0 Å². The summed E-state index contributed by atoms with van der Waals surface area (Å²) in [6, 6.07) is 2.15. The highest BCUT2D eigenvalue weighted by Gasteiger charge is 2.11. The molecule has 2 N–H and O–H groups in total. The molecule has 0 fully saturated rings. The van der Waals surface area contributed by atoms with Crippen molar-refractivity contribution in [3.05, 3.63) is 23.8 Å². The Kier molecular flexibility index (Phi) is 3.52. The Labute approximate surface area is 97.3 Å². The molecule has 1 aromatic rings. The number of hydrazone groups is 1. The van der Waals surface area contributed by atoms with Crippen LogP contribution in [0.5, 0.6) is 0 Å². The minimum absolute atomic E-state index is 0.362. The molecule has 0 radical (unpaired) electrons. The second-order valence-electron chi connectivity index (χ2n) is 2.89. The third-order valence-electron chi connectivity index (χ3n) is 1.75. The predicted molar refractivity (Wildman–Crippen MR) is 54.1 cm³/mol. The highest BCUT2D eigenvalue weighted by Crippen LogP contribution is 2.18. The first-order chi connectivity index (χ1) is 7.66. The molecule has 0 bridgehead atoms. The van der Waals surface area contributed by atoms with Crippen molar-refractivity contribution in [1.29, 1.82) is 0 Å². The van der Waals surface area contributed by atoms with Gasteiger partial charge >= 0.3 is 0 Å². The van der Waals surface area contributed by atoms with E-state index >= 15 is 0 Å². The third kappa shape index (κ3) is 3.23. The summed E-state index contributed by atoms with van der Waals surface area (Å²) in [7, 11) is -9.57. The molecule has 0 spiro atoms. The Morgan fingerprint density at radius 2 is 1.71 bits per heavy atom. The van der Waals surface area contributed by atoms with Gasteiger partial charge in [0.15, 0.2) is 0 Å². The normalized spacial score (nSPS) is 13.1. The summed E-state index contributed by atoms with van der Waals surface area (Å²) in [4.78, 5) is -1.39. The minimum atomic E-state index is -4.81. The van der Waals surface area contributed by atoms with Gasteiger partial charge in [0, 0.05) is 5.56 Å². The smallest absolute Gasteiger partial charge is 0.125 e. The van der Waals surface area contributed by atoms with Gasteiger partial charge < -0.3 is 14.9 Å². The van der Waals surface area contributed by atoms with Crippen molar-refractivity contribution in [2.45, 2.75) is 9.79 Å². The molecule has 1 aromatic carbocycles. The fourth-order valence-corrected chi connectivity index (χ4v) is 2.23. The number of benzene rings is 1. The van der Waals surface area contributed by atoms with Gasteiger partial charge in [-0.15, -0.1) is 0 Å². The van der Waals surface area contributed by atoms with Crippen LogP contribution in [0.2, 0.25) is 0 Å². The molecule has 0 aliphatic carbocycles.